The summed E-state index contributed by atoms with van der Waals surface area (Å²) in [4.78, 5) is 0. The second kappa shape index (κ2) is 2.68. The highest BCUT2D eigenvalue weighted by molar-refractivity contribution is 4.95. The predicted molar refractivity (Wildman–Crippen MR) is 39.6 cm³/mol. The van der Waals surface area contributed by atoms with Crippen molar-refractivity contribution in [1.29, 1.82) is 0 Å². The predicted octanol–water partition coefficient (Wildman–Crippen LogP) is 0.580. The number of piperidine rings is 1. The molecule has 2 nitrogen and oxygen atoms in total. The lowest BCUT2D eigenvalue weighted by Crippen LogP contribution is -2.55. The molecule has 1 heterocycles. The topological polar surface area (TPSA) is 38.0 Å². The van der Waals surface area contributed by atoms with Crippen LogP contribution in [0.5, 0.6) is 0 Å². The number of halogens is 2. The second-order valence-electron chi connectivity index (χ2n) is 3.40. The maximum absolute atomic E-state index is 13.1. The van der Waals surface area contributed by atoms with Crippen LogP contribution in [0.25, 0.3) is 0 Å². The molecule has 11 heavy (non-hydrogen) atoms. The first-order valence-electron chi connectivity index (χ1n) is 3.80. The summed E-state index contributed by atoms with van der Waals surface area (Å²) in [7, 11) is 0. The maximum atomic E-state index is 13.1. The number of nitrogens with one attached hydrogen (secondary N) is 1. The molecule has 0 aromatic carbocycles. The molecule has 3 N–H and O–H groups in total. The minimum absolute atomic E-state index is 0.0572. The molecular weight excluding hydrogens is 150 g/mol. The fourth-order valence-corrected chi connectivity index (χ4v) is 1.26. The molecule has 1 atom stereocenters. The lowest BCUT2D eigenvalue weighted by atomic mass is 9.78. The molecule has 0 spiro atoms. The fourth-order valence-electron chi connectivity index (χ4n) is 1.26. The lowest BCUT2D eigenvalue weighted by molar-refractivity contribution is -0.124. The van der Waals surface area contributed by atoms with E-state index in [9.17, 15) is 8.78 Å². The zero-order valence-electron chi connectivity index (χ0n) is 6.66. The van der Waals surface area contributed by atoms with Crippen molar-refractivity contribution in [2.24, 2.45) is 11.1 Å². The van der Waals surface area contributed by atoms with Gasteiger partial charge in [0.15, 0.2) is 0 Å². The van der Waals surface area contributed by atoms with Gasteiger partial charge in [0.2, 0.25) is 0 Å². The van der Waals surface area contributed by atoms with Gasteiger partial charge < -0.3 is 11.1 Å². The van der Waals surface area contributed by atoms with Crippen LogP contribution >= 0.6 is 0 Å². The van der Waals surface area contributed by atoms with Gasteiger partial charge in [0, 0.05) is 12.0 Å². The highest BCUT2D eigenvalue weighted by Crippen LogP contribution is 2.39. The average Bonchev–Trinajstić information content (AvgIpc) is 1.95. The van der Waals surface area contributed by atoms with E-state index in [0.29, 0.717) is 13.0 Å². The van der Waals surface area contributed by atoms with Crippen LogP contribution in [0.4, 0.5) is 8.78 Å². The van der Waals surface area contributed by atoms with Crippen molar-refractivity contribution in [2.75, 3.05) is 19.6 Å². The van der Waals surface area contributed by atoms with Gasteiger partial charge in [0.25, 0.3) is 5.92 Å². The molecular formula is C7H14F2N2. The normalized spacial score (nSPS) is 37.1. The van der Waals surface area contributed by atoms with Gasteiger partial charge in [0.05, 0.1) is 6.54 Å². The third-order valence-electron chi connectivity index (χ3n) is 2.53. The molecule has 4 heteroatoms. The Morgan fingerprint density at radius 1 is 1.55 bits per heavy atom. The molecule has 0 aromatic heterocycles. The standard InChI is InChI=1S/C7H14F2N2/c1-6(4-10)2-3-11-5-7(6,8)9/h11H,2-5,10H2,1H3. The number of alkyl halides is 2. The van der Waals surface area contributed by atoms with Gasteiger partial charge in [0.1, 0.15) is 0 Å². The minimum Gasteiger partial charge on any atom is -0.330 e. The van der Waals surface area contributed by atoms with E-state index < -0.39 is 11.3 Å². The molecule has 1 rings (SSSR count). The highest BCUT2D eigenvalue weighted by Gasteiger charge is 2.50. The van der Waals surface area contributed by atoms with Crippen LogP contribution in [-0.2, 0) is 0 Å². The van der Waals surface area contributed by atoms with Crippen LogP contribution in [0, 0.1) is 5.41 Å². The average molecular weight is 164 g/mol. The highest BCUT2D eigenvalue weighted by atomic mass is 19.3. The Bertz CT molecular complexity index is 149. The first kappa shape index (κ1) is 8.87. The van der Waals surface area contributed by atoms with E-state index in [4.69, 9.17) is 5.73 Å². The van der Waals surface area contributed by atoms with Gasteiger partial charge in [-0.25, -0.2) is 8.78 Å². The summed E-state index contributed by atoms with van der Waals surface area (Å²) in [6, 6.07) is 0. The number of hydrogen-bond donors (Lipinski definition) is 2. The monoisotopic (exact) mass is 164 g/mol. The molecule has 66 valence electrons. The van der Waals surface area contributed by atoms with E-state index in [2.05, 4.69) is 5.32 Å². The van der Waals surface area contributed by atoms with Crippen LogP contribution in [0.15, 0.2) is 0 Å². The van der Waals surface area contributed by atoms with E-state index in [-0.39, 0.29) is 13.1 Å². The van der Waals surface area contributed by atoms with Crippen LogP contribution in [0.2, 0.25) is 0 Å². The molecule has 0 amide bonds. The summed E-state index contributed by atoms with van der Waals surface area (Å²) >= 11 is 0. The lowest BCUT2D eigenvalue weighted by Gasteiger charge is -2.40. The van der Waals surface area contributed by atoms with Gasteiger partial charge in [-0.1, -0.05) is 6.92 Å². The number of hydrogen-bond acceptors (Lipinski definition) is 2. The zero-order valence-corrected chi connectivity index (χ0v) is 6.66. The van der Waals surface area contributed by atoms with E-state index in [1.54, 1.807) is 6.92 Å². The molecule has 1 unspecified atom stereocenters. The van der Waals surface area contributed by atoms with Crippen molar-refractivity contribution < 1.29 is 8.78 Å². The Balaban J connectivity index is 2.74. The van der Waals surface area contributed by atoms with Crippen molar-refractivity contribution in [3.05, 3.63) is 0 Å². The van der Waals surface area contributed by atoms with Gasteiger partial charge in [-0.2, -0.15) is 0 Å². The van der Waals surface area contributed by atoms with Crippen molar-refractivity contribution in [1.82, 2.24) is 5.32 Å². The summed E-state index contributed by atoms with van der Waals surface area (Å²) in [5, 5.41) is 2.66. The van der Waals surface area contributed by atoms with E-state index in [0.717, 1.165) is 0 Å². The quantitative estimate of drug-likeness (QED) is 0.595. The van der Waals surface area contributed by atoms with Crippen LogP contribution in [-0.4, -0.2) is 25.6 Å². The molecule has 1 aliphatic heterocycles. The number of rotatable bonds is 1. The largest absolute Gasteiger partial charge is 0.330 e. The summed E-state index contributed by atoms with van der Waals surface area (Å²) < 4.78 is 26.2. The second-order valence-corrected chi connectivity index (χ2v) is 3.40. The van der Waals surface area contributed by atoms with Crippen molar-refractivity contribution in [3.8, 4) is 0 Å². The van der Waals surface area contributed by atoms with Crippen LogP contribution in [0.1, 0.15) is 13.3 Å². The first-order chi connectivity index (χ1) is 5.02. The summed E-state index contributed by atoms with van der Waals surface area (Å²) in [5.74, 6) is -2.65. The van der Waals surface area contributed by atoms with Crippen molar-refractivity contribution in [3.63, 3.8) is 0 Å². The summed E-state index contributed by atoms with van der Waals surface area (Å²) in [5.41, 5.74) is 4.30. The minimum atomic E-state index is -2.65. The molecule has 0 aliphatic carbocycles. The van der Waals surface area contributed by atoms with Crippen LogP contribution < -0.4 is 11.1 Å². The molecule has 0 radical (unpaired) electrons. The third kappa shape index (κ3) is 1.37. The summed E-state index contributed by atoms with van der Waals surface area (Å²) in [6.45, 7) is 2.01. The Kier molecular flexibility index (Phi) is 2.16. The first-order valence-corrected chi connectivity index (χ1v) is 3.80. The van der Waals surface area contributed by atoms with Gasteiger partial charge in [-0.3, -0.25) is 0 Å². The smallest absolute Gasteiger partial charge is 0.266 e. The number of nitrogens with two attached hydrogens (primary N) is 1. The molecule has 1 aliphatic rings. The Hall–Kier alpha value is -0.220. The Morgan fingerprint density at radius 2 is 2.18 bits per heavy atom. The van der Waals surface area contributed by atoms with E-state index in [1.807, 2.05) is 0 Å². The third-order valence-corrected chi connectivity index (χ3v) is 2.53. The maximum Gasteiger partial charge on any atom is 0.266 e. The van der Waals surface area contributed by atoms with E-state index >= 15 is 0 Å². The SMILES string of the molecule is CC1(CN)CCNCC1(F)F. The fraction of sp³-hybridized carbons (Fsp3) is 1.00. The van der Waals surface area contributed by atoms with Crippen molar-refractivity contribution in [2.45, 2.75) is 19.3 Å². The van der Waals surface area contributed by atoms with Gasteiger partial charge >= 0.3 is 0 Å². The van der Waals surface area contributed by atoms with Crippen LogP contribution in [0.3, 0.4) is 0 Å². The molecule has 0 aromatic rings. The van der Waals surface area contributed by atoms with Crippen molar-refractivity contribution >= 4 is 0 Å². The molecule has 1 fully saturated rings. The molecule has 1 saturated heterocycles. The zero-order chi connectivity index (χ0) is 8.54. The Labute approximate surface area is 65.1 Å². The summed E-state index contributed by atoms with van der Waals surface area (Å²) in [6.07, 6.45) is 0.455. The van der Waals surface area contributed by atoms with Gasteiger partial charge in [-0.15, -0.1) is 0 Å². The van der Waals surface area contributed by atoms with E-state index in [1.165, 1.54) is 0 Å². The van der Waals surface area contributed by atoms with Gasteiger partial charge in [-0.05, 0) is 13.0 Å². The molecule has 0 bridgehead atoms. The molecule has 0 saturated carbocycles. The Morgan fingerprint density at radius 3 is 2.55 bits per heavy atom.